The third-order valence-corrected chi connectivity index (χ3v) is 5.14. The minimum Gasteiger partial charge on any atom is -0.378 e. The molecule has 16 heavy (non-hydrogen) atoms. The SMILES string of the molecule is COC1(C)CC(NCCCCSC)C1(C)C. The zero-order chi connectivity index (χ0) is 12.2. The van der Waals surface area contributed by atoms with Gasteiger partial charge in [-0.25, -0.2) is 0 Å². The smallest absolute Gasteiger partial charge is 0.0731 e. The molecule has 1 saturated carbocycles. The number of hydrogen-bond acceptors (Lipinski definition) is 3. The molecule has 0 spiro atoms. The van der Waals surface area contributed by atoms with Crippen molar-refractivity contribution in [3.8, 4) is 0 Å². The van der Waals surface area contributed by atoms with Gasteiger partial charge < -0.3 is 10.1 Å². The summed E-state index contributed by atoms with van der Waals surface area (Å²) in [4.78, 5) is 0. The van der Waals surface area contributed by atoms with E-state index in [2.05, 4.69) is 32.3 Å². The Bertz CT molecular complexity index is 220. The van der Waals surface area contributed by atoms with Crippen molar-refractivity contribution >= 4 is 11.8 Å². The maximum Gasteiger partial charge on any atom is 0.0731 e. The van der Waals surface area contributed by atoms with Gasteiger partial charge in [-0.15, -0.1) is 0 Å². The fourth-order valence-corrected chi connectivity index (χ4v) is 2.96. The number of ether oxygens (including phenoxy) is 1. The number of hydrogen-bond donors (Lipinski definition) is 1. The van der Waals surface area contributed by atoms with Gasteiger partial charge in [-0.1, -0.05) is 13.8 Å². The van der Waals surface area contributed by atoms with Gasteiger partial charge >= 0.3 is 0 Å². The lowest BCUT2D eigenvalue weighted by atomic mass is 9.56. The van der Waals surface area contributed by atoms with Gasteiger partial charge in [0.05, 0.1) is 5.60 Å². The van der Waals surface area contributed by atoms with Gasteiger partial charge in [0.1, 0.15) is 0 Å². The van der Waals surface area contributed by atoms with Crippen LogP contribution in [0.5, 0.6) is 0 Å². The number of nitrogens with one attached hydrogen (secondary N) is 1. The number of methoxy groups -OCH3 is 1. The average Bonchev–Trinajstić information content (AvgIpc) is 2.26. The summed E-state index contributed by atoms with van der Waals surface area (Å²) in [6.07, 6.45) is 5.92. The zero-order valence-corrected chi connectivity index (χ0v) is 12.2. The van der Waals surface area contributed by atoms with E-state index in [-0.39, 0.29) is 11.0 Å². The molecule has 1 rings (SSSR count). The van der Waals surface area contributed by atoms with E-state index in [1.807, 2.05) is 18.9 Å². The fourth-order valence-electron chi connectivity index (χ4n) is 2.47. The van der Waals surface area contributed by atoms with Gasteiger partial charge in [-0.2, -0.15) is 11.8 Å². The van der Waals surface area contributed by atoms with Gasteiger partial charge in [0.25, 0.3) is 0 Å². The van der Waals surface area contributed by atoms with Crippen molar-refractivity contribution in [2.45, 2.75) is 51.7 Å². The maximum atomic E-state index is 5.62. The molecule has 1 fully saturated rings. The number of unbranched alkanes of at least 4 members (excludes halogenated alkanes) is 1. The highest BCUT2D eigenvalue weighted by atomic mass is 32.2. The predicted molar refractivity (Wildman–Crippen MR) is 73.2 cm³/mol. The van der Waals surface area contributed by atoms with Crippen LogP contribution in [0, 0.1) is 5.41 Å². The van der Waals surface area contributed by atoms with Gasteiger partial charge in [-0.3, -0.25) is 0 Å². The average molecular weight is 245 g/mol. The first kappa shape index (κ1) is 14.3. The molecule has 2 nitrogen and oxygen atoms in total. The molecule has 96 valence electrons. The minimum absolute atomic E-state index is 0.0595. The van der Waals surface area contributed by atoms with Crippen molar-refractivity contribution in [1.82, 2.24) is 5.32 Å². The molecule has 0 aliphatic heterocycles. The van der Waals surface area contributed by atoms with Crippen LogP contribution in [0.3, 0.4) is 0 Å². The lowest BCUT2D eigenvalue weighted by Crippen LogP contribution is -2.67. The first-order valence-electron chi connectivity index (χ1n) is 6.25. The van der Waals surface area contributed by atoms with Crippen LogP contribution >= 0.6 is 11.8 Å². The topological polar surface area (TPSA) is 21.3 Å². The van der Waals surface area contributed by atoms with Crippen LogP contribution < -0.4 is 5.32 Å². The predicted octanol–water partition coefficient (Wildman–Crippen LogP) is 2.92. The fraction of sp³-hybridized carbons (Fsp3) is 1.00. The van der Waals surface area contributed by atoms with Gasteiger partial charge in [0.15, 0.2) is 0 Å². The molecular weight excluding hydrogens is 218 g/mol. The molecule has 2 unspecified atom stereocenters. The first-order valence-corrected chi connectivity index (χ1v) is 7.65. The maximum absolute atomic E-state index is 5.62. The number of thioether (sulfide) groups is 1. The van der Waals surface area contributed by atoms with Crippen LogP contribution in [0.1, 0.15) is 40.0 Å². The Morgan fingerprint density at radius 3 is 2.50 bits per heavy atom. The quantitative estimate of drug-likeness (QED) is 0.697. The first-order chi connectivity index (χ1) is 7.48. The molecule has 2 atom stereocenters. The Labute approximate surface area is 105 Å². The van der Waals surface area contributed by atoms with Crippen LogP contribution in [0.4, 0.5) is 0 Å². The molecule has 0 radical (unpaired) electrons. The lowest BCUT2D eigenvalue weighted by molar-refractivity contribution is -0.180. The largest absolute Gasteiger partial charge is 0.378 e. The van der Waals surface area contributed by atoms with Crippen LogP contribution in [0.25, 0.3) is 0 Å². The molecular formula is C13H27NOS. The monoisotopic (exact) mass is 245 g/mol. The summed E-state index contributed by atoms with van der Waals surface area (Å²) in [6.45, 7) is 7.98. The Balaban J connectivity index is 2.21. The molecule has 1 aliphatic rings. The highest BCUT2D eigenvalue weighted by molar-refractivity contribution is 7.98. The summed E-state index contributed by atoms with van der Waals surface area (Å²) < 4.78 is 5.62. The second kappa shape index (κ2) is 5.74. The van der Waals surface area contributed by atoms with Crippen LogP contribution in [-0.4, -0.2) is 37.3 Å². The molecule has 3 heteroatoms. The summed E-state index contributed by atoms with van der Waals surface area (Å²) in [6, 6.07) is 0.617. The molecule has 0 amide bonds. The molecule has 1 N–H and O–H groups in total. The highest BCUT2D eigenvalue weighted by Gasteiger charge is 2.57. The molecule has 0 saturated heterocycles. The Morgan fingerprint density at radius 2 is 2.00 bits per heavy atom. The van der Waals surface area contributed by atoms with E-state index in [4.69, 9.17) is 4.74 Å². The van der Waals surface area contributed by atoms with Crippen LogP contribution in [-0.2, 0) is 4.74 Å². The van der Waals surface area contributed by atoms with Crippen molar-refractivity contribution in [1.29, 1.82) is 0 Å². The van der Waals surface area contributed by atoms with E-state index >= 15 is 0 Å². The normalized spacial score (nSPS) is 32.4. The number of rotatable bonds is 7. The molecule has 1 aliphatic carbocycles. The van der Waals surface area contributed by atoms with Crippen LogP contribution in [0.15, 0.2) is 0 Å². The Kier molecular flexibility index (Phi) is 5.14. The summed E-state index contributed by atoms with van der Waals surface area (Å²) in [5.74, 6) is 1.28. The molecule has 0 heterocycles. The highest BCUT2D eigenvalue weighted by Crippen LogP contribution is 2.51. The summed E-state index contributed by atoms with van der Waals surface area (Å²) in [5.41, 5.74) is 0.311. The summed E-state index contributed by atoms with van der Waals surface area (Å²) >= 11 is 1.94. The van der Waals surface area contributed by atoms with Gasteiger partial charge in [0, 0.05) is 18.6 Å². The lowest BCUT2D eigenvalue weighted by Gasteiger charge is -2.59. The van der Waals surface area contributed by atoms with Gasteiger partial charge in [0.2, 0.25) is 0 Å². The second-order valence-electron chi connectivity index (χ2n) is 5.57. The third kappa shape index (κ3) is 2.74. The van der Waals surface area contributed by atoms with Crippen molar-refractivity contribution in [3.05, 3.63) is 0 Å². The van der Waals surface area contributed by atoms with E-state index in [1.165, 1.54) is 18.6 Å². The zero-order valence-electron chi connectivity index (χ0n) is 11.4. The van der Waals surface area contributed by atoms with E-state index in [1.54, 1.807) is 0 Å². The third-order valence-electron chi connectivity index (χ3n) is 4.44. The van der Waals surface area contributed by atoms with Crippen molar-refractivity contribution < 1.29 is 4.74 Å². The second-order valence-corrected chi connectivity index (χ2v) is 6.55. The van der Waals surface area contributed by atoms with E-state index in [0.29, 0.717) is 6.04 Å². The van der Waals surface area contributed by atoms with Crippen molar-refractivity contribution in [3.63, 3.8) is 0 Å². The molecule has 0 aromatic rings. The Hall–Kier alpha value is 0.270. The van der Waals surface area contributed by atoms with E-state index < -0.39 is 0 Å². The van der Waals surface area contributed by atoms with E-state index in [9.17, 15) is 0 Å². The molecule has 0 aromatic heterocycles. The van der Waals surface area contributed by atoms with Gasteiger partial charge in [-0.05, 0) is 44.7 Å². The summed E-state index contributed by atoms with van der Waals surface area (Å²) in [7, 11) is 1.83. The molecule has 0 aromatic carbocycles. The van der Waals surface area contributed by atoms with Crippen molar-refractivity contribution in [2.24, 2.45) is 5.41 Å². The van der Waals surface area contributed by atoms with Crippen LogP contribution in [0.2, 0.25) is 0 Å². The Morgan fingerprint density at radius 1 is 1.31 bits per heavy atom. The van der Waals surface area contributed by atoms with Crippen molar-refractivity contribution in [2.75, 3.05) is 25.7 Å². The minimum atomic E-state index is 0.0595. The standard InChI is InChI=1S/C13H27NOS/c1-12(2)11(10-13(12,3)15-4)14-8-6-7-9-16-5/h11,14H,6-10H2,1-5H3. The molecule has 0 bridgehead atoms. The van der Waals surface area contributed by atoms with E-state index in [0.717, 1.165) is 13.0 Å². The summed E-state index contributed by atoms with van der Waals surface area (Å²) in [5, 5.41) is 3.67.